The molecule has 0 amide bonds. The second kappa shape index (κ2) is 6.95. The van der Waals surface area contributed by atoms with E-state index in [1.54, 1.807) is 0 Å². The average Bonchev–Trinajstić information content (AvgIpc) is 2.86. The predicted octanol–water partition coefficient (Wildman–Crippen LogP) is 2.44. The third kappa shape index (κ3) is 3.83. The van der Waals surface area contributed by atoms with Crippen LogP contribution in [-0.2, 0) is 19.5 Å². The van der Waals surface area contributed by atoms with Crippen molar-refractivity contribution < 1.29 is 5.11 Å². The topological polar surface area (TPSA) is 50.1 Å². The van der Waals surface area contributed by atoms with Gasteiger partial charge < -0.3 is 15.0 Å². The lowest BCUT2D eigenvalue weighted by Crippen LogP contribution is -2.06. The summed E-state index contributed by atoms with van der Waals surface area (Å²) in [7, 11) is 0. The van der Waals surface area contributed by atoms with Crippen LogP contribution in [0.4, 0.5) is 5.69 Å². The molecule has 1 aromatic heterocycles. The van der Waals surface area contributed by atoms with Crippen LogP contribution in [0.2, 0.25) is 0 Å². The van der Waals surface area contributed by atoms with Gasteiger partial charge in [-0.05, 0) is 30.5 Å². The average molecular weight is 259 g/mol. The summed E-state index contributed by atoms with van der Waals surface area (Å²) in [6, 6.07) is 8.18. The van der Waals surface area contributed by atoms with Gasteiger partial charge in [-0.3, -0.25) is 0 Å². The SMILES string of the molecule is CCCn1cncc1CNc1ccc(CCO)cc1. The van der Waals surface area contributed by atoms with E-state index >= 15 is 0 Å². The Balaban J connectivity index is 1.92. The molecule has 1 heterocycles. The Labute approximate surface area is 114 Å². The number of hydrogen-bond donors (Lipinski definition) is 2. The first-order chi connectivity index (χ1) is 9.33. The Morgan fingerprint density at radius 3 is 2.74 bits per heavy atom. The van der Waals surface area contributed by atoms with E-state index in [0.717, 1.165) is 30.8 Å². The molecule has 0 aliphatic heterocycles. The zero-order valence-electron chi connectivity index (χ0n) is 11.3. The Bertz CT molecular complexity index is 490. The summed E-state index contributed by atoms with van der Waals surface area (Å²) in [5.74, 6) is 0. The molecule has 0 radical (unpaired) electrons. The summed E-state index contributed by atoms with van der Waals surface area (Å²) in [5, 5.41) is 12.3. The second-order valence-electron chi connectivity index (χ2n) is 4.60. The fourth-order valence-electron chi connectivity index (χ4n) is 2.05. The molecule has 0 saturated carbocycles. The normalized spacial score (nSPS) is 10.6. The number of rotatable bonds is 7. The minimum Gasteiger partial charge on any atom is -0.396 e. The molecule has 2 N–H and O–H groups in total. The number of imidazole rings is 1. The molecule has 2 rings (SSSR count). The second-order valence-corrected chi connectivity index (χ2v) is 4.60. The molecule has 2 aromatic rings. The number of benzene rings is 1. The highest BCUT2D eigenvalue weighted by Gasteiger charge is 2.01. The monoisotopic (exact) mass is 259 g/mol. The molecule has 0 bridgehead atoms. The van der Waals surface area contributed by atoms with Gasteiger partial charge in [-0.25, -0.2) is 4.98 Å². The summed E-state index contributed by atoms with van der Waals surface area (Å²) in [4.78, 5) is 4.19. The van der Waals surface area contributed by atoms with Crippen molar-refractivity contribution in [3.05, 3.63) is 48.0 Å². The highest BCUT2D eigenvalue weighted by molar-refractivity contribution is 5.44. The van der Waals surface area contributed by atoms with E-state index in [0.29, 0.717) is 6.42 Å². The van der Waals surface area contributed by atoms with Gasteiger partial charge in [0.25, 0.3) is 0 Å². The molecule has 19 heavy (non-hydrogen) atoms. The Morgan fingerprint density at radius 2 is 2.05 bits per heavy atom. The summed E-state index contributed by atoms with van der Waals surface area (Å²) >= 11 is 0. The van der Waals surface area contributed by atoms with Gasteiger partial charge in [-0.15, -0.1) is 0 Å². The molecule has 0 atom stereocenters. The van der Waals surface area contributed by atoms with E-state index in [4.69, 9.17) is 5.11 Å². The maximum atomic E-state index is 8.87. The molecule has 1 aromatic carbocycles. The lowest BCUT2D eigenvalue weighted by Gasteiger charge is -2.09. The molecule has 4 heteroatoms. The van der Waals surface area contributed by atoms with E-state index in [1.165, 1.54) is 5.69 Å². The number of aliphatic hydroxyl groups is 1. The number of aromatic nitrogens is 2. The number of aryl methyl sites for hydroxylation is 1. The van der Waals surface area contributed by atoms with Crippen molar-refractivity contribution in [3.8, 4) is 0 Å². The quantitative estimate of drug-likeness (QED) is 0.803. The van der Waals surface area contributed by atoms with Crippen molar-refractivity contribution in [1.82, 2.24) is 9.55 Å². The molecule has 0 aliphatic rings. The molecular weight excluding hydrogens is 238 g/mol. The molecule has 0 aliphatic carbocycles. The Morgan fingerprint density at radius 1 is 1.26 bits per heavy atom. The van der Waals surface area contributed by atoms with Crippen LogP contribution in [0.15, 0.2) is 36.8 Å². The van der Waals surface area contributed by atoms with Crippen molar-refractivity contribution in [3.63, 3.8) is 0 Å². The first kappa shape index (κ1) is 13.6. The van der Waals surface area contributed by atoms with Crippen LogP contribution in [0, 0.1) is 0 Å². The van der Waals surface area contributed by atoms with Crippen molar-refractivity contribution in [2.24, 2.45) is 0 Å². The summed E-state index contributed by atoms with van der Waals surface area (Å²) in [6.07, 6.45) is 5.61. The molecule has 0 unspecified atom stereocenters. The van der Waals surface area contributed by atoms with Gasteiger partial charge in [-0.1, -0.05) is 19.1 Å². The van der Waals surface area contributed by atoms with Crippen LogP contribution >= 0.6 is 0 Å². The van der Waals surface area contributed by atoms with E-state index in [-0.39, 0.29) is 6.61 Å². The van der Waals surface area contributed by atoms with Crippen molar-refractivity contribution in [2.75, 3.05) is 11.9 Å². The summed E-state index contributed by atoms with van der Waals surface area (Å²) < 4.78 is 2.17. The van der Waals surface area contributed by atoms with E-state index in [9.17, 15) is 0 Å². The third-order valence-electron chi connectivity index (χ3n) is 3.09. The van der Waals surface area contributed by atoms with Crippen LogP contribution < -0.4 is 5.32 Å². The van der Waals surface area contributed by atoms with Gasteiger partial charge in [0, 0.05) is 25.0 Å². The number of anilines is 1. The van der Waals surface area contributed by atoms with Crippen LogP contribution in [0.25, 0.3) is 0 Å². The molecule has 0 fully saturated rings. The van der Waals surface area contributed by atoms with Crippen LogP contribution in [-0.4, -0.2) is 21.3 Å². The van der Waals surface area contributed by atoms with E-state index in [2.05, 4.69) is 21.8 Å². The summed E-state index contributed by atoms with van der Waals surface area (Å²) in [6.45, 7) is 4.14. The largest absolute Gasteiger partial charge is 0.396 e. The zero-order chi connectivity index (χ0) is 13.5. The number of hydrogen-bond acceptors (Lipinski definition) is 3. The maximum Gasteiger partial charge on any atom is 0.0948 e. The predicted molar refractivity (Wildman–Crippen MR) is 77.1 cm³/mol. The standard InChI is InChI=1S/C15H21N3O/c1-2-8-18-12-16-10-15(18)11-17-14-5-3-13(4-6-14)7-9-19/h3-6,10,12,17,19H,2,7-9,11H2,1H3. The highest BCUT2D eigenvalue weighted by atomic mass is 16.2. The fourth-order valence-corrected chi connectivity index (χ4v) is 2.05. The van der Waals surface area contributed by atoms with Crippen LogP contribution in [0.3, 0.4) is 0 Å². The highest BCUT2D eigenvalue weighted by Crippen LogP contribution is 2.12. The number of aliphatic hydroxyl groups excluding tert-OH is 1. The number of nitrogens with zero attached hydrogens (tertiary/aromatic N) is 2. The van der Waals surface area contributed by atoms with Gasteiger partial charge in [0.05, 0.1) is 18.6 Å². The van der Waals surface area contributed by atoms with Crippen LogP contribution in [0.5, 0.6) is 0 Å². The number of nitrogens with one attached hydrogen (secondary N) is 1. The Hall–Kier alpha value is -1.81. The fraction of sp³-hybridized carbons (Fsp3) is 0.400. The van der Waals surface area contributed by atoms with E-state index < -0.39 is 0 Å². The first-order valence-corrected chi connectivity index (χ1v) is 6.76. The summed E-state index contributed by atoms with van der Waals surface area (Å²) in [5.41, 5.74) is 3.44. The third-order valence-corrected chi connectivity index (χ3v) is 3.09. The van der Waals surface area contributed by atoms with Crippen LogP contribution in [0.1, 0.15) is 24.6 Å². The van der Waals surface area contributed by atoms with Crippen molar-refractivity contribution in [2.45, 2.75) is 32.9 Å². The van der Waals surface area contributed by atoms with Gasteiger partial charge in [-0.2, -0.15) is 0 Å². The molecule has 4 nitrogen and oxygen atoms in total. The molecular formula is C15H21N3O. The molecule has 0 saturated heterocycles. The lowest BCUT2D eigenvalue weighted by atomic mass is 10.1. The molecule has 0 spiro atoms. The van der Waals surface area contributed by atoms with Crippen molar-refractivity contribution in [1.29, 1.82) is 0 Å². The van der Waals surface area contributed by atoms with Gasteiger partial charge >= 0.3 is 0 Å². The zero-order valence-corrected chi connectivity index (χ0v) is 11.3. The van der Waals surface area contributed by atoms with E-state index in [1.807, 2.05) is 36.8 Å². The maximum absolute atomic E-state index is 8.87. The van der Waals surface area contributed by atoms with Crippen molar-refractivity contribution >= 4 is 5.69 Å². The first-order valence-electron chi connectivity index (χ1n) is 6.76. The minimum atomic E-state index is 0.197. The molecule has 102 valence electrons. The van der Waals surface area contributed by atoms with Gasteiger partial charge in [0.15, 0.2) is 0 Å². The van der Waals surface area contributed by atoms with Gasteiger partial charge in [0.1, 0.15) is 0 Å². The minimum absolute atomic E-state index is 0.197. The Kier molecular flexibility index (Phi) is 4.98. The smallest absolute Gasteiger partial charge is 0.0948 e. The lowest BCUT2D eigenvalue weighted by molar-refractivity contribution is 0.299. The van der Waals surface area contributed by atoms with Gasteiger partial charge in [0.2, 0.25) is 0 Å².